The van der Waals surface area contributed by atoms with Crippen LogP contribution in [0.25, 0.3) is 0 Å². The number of imide groups is 1. The number of hydrogen-bond donors (Lipinski definition) is 1. The third-order valence-corrected chi connectivity index (χ3v) is 3.46. The minimum atomic E-state index is -0.351. The van der Waals surface area contributed by atoms with Crippen LogP contribution in [-0.4, -0.2) is 28.6 Å². The number of carbonyl (C=O) groups excluding carboxylic acids is 3. The molecule has 5 heteroatoms. The Labute approximate surface area is 73.1 Å². The normalized spacial score (nSPS) is 34.8. The Hall–Kier alpha value is -0.840. The van der Waals surface area contributed by atoms with E-state index in [4.69, 9.17) is 0 Å². The number of rotatable bonds is 0. The molecule has 0 aromatic rings. The molecule has 2 saturated heterocycles. The second-order valence-electron chi connectivity index (χ2n) is 2.92. The molecule has 2 aliphatic rings. The first-order valence-corrected chi connectivity index (χ1v) is 4.71. The number of carbonyl (C=O) groups is 3. The van der Waals surface area contributed by atoms with E-state index in [1.165, 1.54) is 11.8 Å². The molecule has 2 fully saturated rings. The Bertz CT molecular complexity index is 276. The molecule has 2 heterocycles. The van der Waals surface area contributed by atoms with Crippen LogP contribution < -0.4 is 5.32 Å². The van der Waals surface area contributed by atoms with Crippen LogP contribution in [0.15, 0.2) is 0 Å². The lowest BCUT2D eigenvalue weighted by atomic mass is 9.93. The topological polar surface area (TPSA) is 63.2 Å². The number of nitrogens with one attached hydrogen (secondary N) is 1. The molecule has 0 saturated carbocycles. The molecule has 0 radical (unpaired) electrons. The van der Waals surface area contributed by atoms with Crippen molar-refractivity contribution in [1.29, 1.82) is 0 Å². The minimum absolute atomic E-state index is 0.0354. The molecule has 2 aliphatic heterocycles. The summed E-state index contributed by atoms with van der Waals surface area (Å²) in [6.45, 7) is 0. The summed E-state index contributed by atoms with van der Waals surface area (Å²) in [5, 5.41) is 1.91. The molecule has 1 N–H and O–H groups in total. The summed E-state index contributed by atoms with van der Waals surface area (Å²) < 4.78 is 0. The van der Waals surface area contributed by atoms with Gasteiger partial charge in [-0.2, -0.15) is 0 Å². The van der Waals surface area contributed by atoms with E-state index < -0.39 is 0 Å². The summed E-state index contributed by atoms with van der Waals surface area (Å²) in [6, 6.07) is 0. The van der Waals surface area contributed by atoms with E-state index in [9.17, 15) is 14.4 Å². The van der Waals surface area contributed by atoms with Gasteiger partial charge in [0.2, 0.25) is 11.8 Å². The van der Waals surface area contributed by atoms with Crippen LogP contribution in [0.1, 0.15) is 6.42 Å². The number of hydrogen-bond acceptors (Lipinski definition) is 4. The van der Waals surface area contributed by atoms with Crippen LogP contribution >= 0.6 is 11.8 Å². The summed E-state index contributed by atoms with van der Waals surface area (Å²) in [5.41, 5.74) is 0. The van der Waals surface area contributed by atoms with Crippen molar-refractivity contribution in [2.75, 3.05) is 5.75 Å². The summed E-state index contributed by atoms with van der Waals surface area (Å²) in [5.74, 6) is -0.565. The summed E-state index contributed by atoms with van der Waals surface area (Å²) in [6.07, 6.45) is 0.183. The SMILES string of the molecule is O=C1CC2C(=O)CSC2C(=O)N1. The van der Waals surface area contributed by atoms with Crippen molar-refractivity contribution in [3.05, 3.63) is 0 Å². The van der Waals surface area contributed by atoms with Crippen LogP contribution in [0.3, 0.4) is 0 Å². The molecule has 2 atom stereocenters. The lowest BCUT2D eigenvalue weighted by Crippen LogP contribution is -2.47. The quantitative estimate of drug-likeness (QED) is 0.508. The van der Waals surface area contributed by atoms with Crippen molar-refractivity contribution in [2.24, 2.45) is 5.92 Å². The lowest BCUT2D eigenvalue weighted by molar-refractivity contribution is -0.137. The average Bonchev–Trinajstić information content (AvgIpc) is 2.33. The van der Waals surface area contributed by atoms with Crippen molar-refractivity contribution in [2.45, 2.75) is 11.7 Å². The fraction of sp³-hybridized carbons (Fsp3) is 0.571. The predicted octanol–water partition coefficient (Wildman–Crippen LogP) is -0.666. The van der Waals surface area contributed by atoms with Crippen molar-refractivity contribution >= 4 is 29.4 Å². The largest absolute Gasteiger partial charge is 0.298 e. The highest BCUT2D eigenvalue weighted by atomic mass is 32.2. The van der Waals surface area contributed by atoms with Gasteiger partial charge in [0, 0.05) is 12.3 Å². The van der Waals surface area contributed by atoms with Gasteiger partial charge in [0.25, 0.3) is 0 Å². The van der Waals surface area contributed by atoms with E-state index in [-0.39, 0.29) is 35.2 Å². The number of amides is 2. The molecule has 64 valence electrons. The molecule has 2 unspecified atom stereocenters. The van der Waals surface area contributed by atoms with Gasteiger partial charge in [-0.05, 0) is 0 Å². The highest BCUT2D eigenvalue weighted by Crippen LogP contribution is 2.33. The average molecular weight is 185 g/mol. The molecular formula is C7H7NO3S. The molecular weight excluding hydrogens is 178 g/mol. The fourth-order valence-corrected chi connectivity index (χ4v) is 2.75. The van der Waals surface area contributed by atoms with Crippen LogP contribution in [0.4, 0.5) is 0 Å². The monoisotopic (exact) mass is 185 g/mol. The maximum atomic E-state index is 11.1. The molecule has 0 aliphatic carbocycles. The summed E-state index contributed by atoms with van der Waals surface area (Å²) >= 11 is 1.33. The molecule has 0 aromatic heterocycles. The molecule has 12 heavy (non-hydrogen) atoms. The van der Waals surface area contributed by atoms with E-state index in [2.05, 4.69) is 5.32 Å². The second kappa shape index (κ2) is 2.58. The van der Waals surface area contributed by atoms with E-state index in [0.29, 0.717) is 5.75 Å². The van der Waals surface area contributed by atoms with Crippen molar-refractivity contribution in [3.8, 4) is 0 Å². The maximum Gasteiger partial charge on any atom is 0.240 e. The maximum absolute atomic E-state index is 11.1. The number of fused-ring (bicyclic) bond motifs is 1. The zero-order chi connectivity index (χ0) is 8.72. The van der Waals surface area contributed by atoms with Gasteiger partial charge in [0.15, 0.2) is 0 Å². The van der Waals surface area contributed by atoms with Gasteiger partial charge in [-0.25, -0.2) is 0 Å². The fourth-order valence-electron chi connectivity index (χ4n) is 1.50. The predicted molar refractivity (Wildman–Crippen MR) is 42.5 cm³/mol. The van der Waals surface area contributed by atoms with E-state index in [0.717, 1.165) is 0 Å². The lowest BCUT2D eigenvalue weighted by Gasteiger charge is -2.21. The number of piperidine rings is 1. The number of ketones is 1. The molecule has 0 spiro atoms. The van der Waals surface area contributed by atoms with Gasteiger partial charge in [-0.1, -0.05) is 0 Å². The van der Waals surface area contributed by atoms with E-state index in [1.54, 1.807) is 0 Å². The van der Waals surface area contributed by atoms with Gasteiger partial charge < -0.3 is 0 Å². The molecule has 0 bridgehead atoms. The Kier molecular flexibility index (Phi) is 1.68. The minimum Gasteiger partial charge on any atom is -0.298 e. The van der Waals surface area contributed by atoms with Crippen LogP contribution in [0.5, 0.6) is 0 Å². The molecule has 0 aromatic carbocycles. The van der Waals surface area contributed by atoms with Gasteiger partial charge in [-0.3, -0.25) is 19.7 Å². The van der Waals surface area contributed by atoms with Crippen molar-refractivity contribution in [3.63, 3.8) is 0 Å². The Morgan fingerprint density at radius 3 is 2.83 bits per heavy atom. The van der Waals surface area contributed by atoms with Crippen LogP contribution in [-0.2, 0) is 14.4 Å². The smallest absolute Gasteiger partial charge is 0.240 e. The van der Waals surface area contributed by atoms with Gasteiger partial charge in [-0.15, -0.1) is 11.8 Å². The zero-order valence-corrected chi connectivity index (χ0v) is 7.02. The van der Waals surface area contributed by atoms with Crippen molar-refractivity contribution in [1.82, 2.24) is 5.32 Å². The first kappa shape index (κ1) is 7.79. The number of Topliss-reactive ketones (excluding diaryl/α,β-unsaturated/α-hetero) is 1. The zero-order valence-electron chi connectivity index (χ0n) is 6.20. The standard InChI is InChI=1S/C7H7NO3S/c9-4-2-12-6-3(4)1-5(10)8-7(6)11/h3,6H,1-2H2,(H,8,10,11). The Morgan fingerprint density at radius 1 is 1.33 bits per heavy atom. The summed E-state index contributed by atoms with van der Waals surface area (Å²) in [7, 11) is 0. The molecule has 4 nitrogen and oxygen atoms in total. The second-order valence-corrected chi connectivity index (χ2v) is 4.05. The van der Waals surface area contributed by atoms with Crippen molar-refractivity contribution < 1.29 is 14.4 Å². The first-order chi connectivity index (χ1) is 5.68. The van der Waals surface area contributed by atoms with Crippen LogP contribution in [0, 0.1) is 5.92 Å². The third-order valence-electron chi connectivity index (χ3n) is 2.11. The summed E-state index contributed by atoms with van der Waals surface area (Å²) in [4.78, 5) is 33.1. The molecule has 2 amide bonds. The van der Waals surface area contributed by atoms with Crippen LogP contribution in [0.2, 0.25) is 0 Å². The van der Waals surface area contributed by atoms with E-state index in [1.807, 2.05) is 0 Å². The number of thioether (sulfide) groups is 1. The van der Waals surface area contributed by atoms with Gasteiger partial charge in [0.05, 0.1) is 11.0 Å². The van der Waals surface area contributed by atoms with Gasteiger partial charge >= 0.3 is 0 Å². The Morgan fingerprint density at radius 2 is 2.08 bits per heavy atom. The van der Waals surface area contributed by atoms with Gasteiger partial charge in [0.1, 0.15) is 5.78 Å². The highest BCUT2D eigenvalue weighted by molar-refractivity contribution is 8.01. The highest BCUT2D eigenvalue weighted by Gasteiger charge is 2.44. The third kappa shape index (κ3) is 1.04. The Balaban J connectivity index is 2.24. The first-order valence-electron chi connectivity index (χ1n) is 3.66. The van der Waals surface area contributed by atoms with E-state index >= 15 is 0 Å². The molecule has 2 rings (SSSR count).